The third kappa shape index (κ3) is 3.59. The largest absolute Gasteiger partial charge is 0.477 e. The van der Waals surface area contributed by atoms with Gasteiger partial charge < -0.3 is 15.5 Å². The van der Waals surface area contributed by atoms with Crippen molar-refractivity contribution in [1.29, 1.82) is 0 Å². The van der Waals surface area contributed by atoms with Gasteiger partial charge >= 0.3 is 18.2 Å². The van der Waals surface area contributed by atoms with Crippen LogP contribution in [0.2, 0.25) is 0 Å². The van der Waals surface area contributed by atoms with Crippen molar-refractivity contribution in [2.24, 2.45) is 0 Å². The normalized spacial score (nSPS) is 11.2. The van der Waals surface area contributed by atoms with E-state index >= 15 is 0 Å². The molecule has 1 aromatic rings. The number of nitrogens with zero attached hydrogens (tertiary/aromatic N) is 1. The first-order chi connectivity index (χ1) is 9.16. The van der Waals surface area contributed by atoms with Gasteiger partial charge in [-0.2, -0.15) is 13.2 Å². The molecule has 0 aliphatic heterocycles. The Hall–Kier alpha value is -2.32. The zero-order chi connectivity index (χ0) is 15.5. The summed E-state index contributed by atoms with van der Waals surface area (Å²) in [6.07, 6.45) is -6.34. The molecule has 6 nitrogen and oxygen atoms in total. The van der Waals surface area contributed by atoms with Crippen LogP contribution >= 0.6 is 0 Å². The highest BCUT2D eigenvalue weighted by Crippen LogP contribution is 2.33. The van der Waals surface area contributed by atoms with Crippen LogP contribution < -0.4 is 5.32 Å². The van der Waals surface area contributed by atoms with Gasteiger partial charge in [0.05, 0.1) is 17.8 Å². The number of hydrogen-bond acceptors (Lipinski definition) is 3. The molecule has 0 aliphatic carbocycles. The second kappa shape index (κ2) is 5.76. The fourth-order valence-corrected chi connectivity index (χ4v) is 1.67. The van der Waals surface area contributed by atoms with Gasteiger partial charge in [0, 0.05) is 0 Å². The Morgan fingerprint density at radius 2 is 1.95 bits per heavy atom. The van der Waals surface area contributed by atoms with E-state index in [1.54, 1.807) is 0 Å². The van der Waals surface area contributed by atoms with Gasteiger partial charge in [0.2, 0.25) is 0 Å². The predicted octanol–water partition coefficient (Wildman–Crippen LogP) is 2.13. The quantitative estimate of drug-likeness (QED) is 0.789. The van der Waals surface area contributed by atoms with Crippen molar-refractivity contribution in [2.45, 2.75) is 26.1 Å². The molecule has 0 bridgehead atoms. The first-order valence-electron chi connectivity index (χ1n) is 5.46. The van der Waals surface area contributed by atoms with E-state index in [0.29, 0.717) is 6.07 Å². The lowest BCUT2D eigenvalue weighted by Crippen LogP contribution is -2.23. The van der Waals surface area contributed by atoms with Crippen molar-refractivity contribution in [3.05, 3.63) is 28.6 Å². The minimum Gasteiger partial charge on any atom is -0.477 e. The topological polar surface area (TPSA) is 99.5 Å². The molecule has 0 radical (unpaired) electrons. The molecule has 3 N–H and O–H groups in total. The van der Waals surface area contributed by atoms with Gasteiger partial charge in [0.1, 0.15) is 0 Å². The summed E-state index contributed by atoms with van der Waals surface area (Å²) in [5.74, 6) is -1.59. The second-order valence-electron chi connectivity index (χ2n) is 3.80. The SMILES string of the molecule is CCc1c(C(F)(F)F)cc(CNC(=O)O)nc1C(=O)O. The number of hydrogen-bond donors (Lipinski definition) is 3. The number of nitrogens with one attached hydrogen (secondary N) is 1. The maximum absolute atomic E-state index is 12.9. The van der Waals surface area contributed by atoms with Crippen molar-refractivity contribution >= 4 is 12.1 Å². The fraction of sp³-hybridized carbons (Fsp3) is 0.364. The van der Waals surface area contributed by atoms with Crippen LogP contribution in [0.4, 0.5) is 18.0 Å². The minimum atomic E-state index is -4.74. The molecule has 0 saturated carbocycles. The number of pyridine rings is 1. The zero-order valence-corrected chi connectivity index (χ0v) is 10.3. The molecule has 1 aromatic heterocycles. The molecule has 0 aromatic carbocycles. The molecule has 1 amide bonds. The number of aromatic nitrogens is 1. The van der Waals surface area contributed by atoms with E-state index in [1.807, 2.05) is 5.32 Å². The zero-order valence-electron chi connectivity index (χ0n) is 10.3. The number of carbonyl (C=O) groups is 2. The van der Waals surface area contributed by atoms with Gasteiger partial charge in [-0.25, -0.2) is 14.6 Å². The molecule has 110 valence electrons. The maximum Gasteiger partial charge on any atom is 0.416 e. The summed E-state index contributed by atoms with van der Waals surface area (Å²) in [5, 5.41) is 19.2. The standard InChI is InChI=1S/C11H11F3N2O4/c1-2-6-7(11(12,13)14)3-5(4-15-10(19)20)16-8(6)9(17)18/h3,15H,2,4H2,1H3,(H,17,18)(H,19,20). The molecular weight excluding hydrogens is 281 g/mol. The second-order valence-corrected chi connectivity index (χ2v) is 3.80. The van der Waals surface area contributed by atoms with Crippen molar-refractivity contribution in [3.63, 3.8) is 0 Å². The molecule has 0 unspecified atom stereocenters. The van der Waals surface area contributed by atoms with E-state index in [9.17, 15) is 22.8 Å². The predicted molar refractivity (Wildman–Crippen MR) is 60.4 cm³/mol. The van der Waals surface area contributed by atoms with E-state index in [2.05, 4.69) is 4.98 Å². The number of carboxylic acids is 1. The first kappa shape index (κ1) is 15.7. The van der Waals surface area contributed by atoms with Crippen LogP contribution in [0.3, 0.4) is 0 Å². The van der Waals surface area contributed by atoms with Crippen LogP contribution in [0.15, 0.2) is 6.07 Å². The average molecular weight is 292 g/mol. The Morgan fingerprint density at radius 1 is 1.35 bits per heavy atom. The van der Waals surface area contributed by atoms with Crippen LogP contribution in [0.5, 0.6) is 0 Å². The molecule has 0 spiro atoms. The summed E-state index contributed by atoms with van der Waals surface area (Å²) in [6.45, 7) is 0.872. The number of rotatable bonds is 4. The Morgan fingerprint density at radius 3 is 2.35 bits per heavy atom. The van der Waals surface area contributed by atoms with E-state index in [4.69, 9.17) is 10.2 Å². The summed E-state index contributed by atoms with van der Waals surface area (Å²) >= 11 is 0. The smallest absolute Gasteiger partial charge is 0.416 e. The van der Waals surface area contributed by atoms with Gasteiger partial charge in [-0.1, -0.05) is 6.92 Å². The lowest BCUT2D eigenvalue weighted by Gasteiger charge is -2.15. The van der Waals surface area contributed by atoms with Crippen molar-refractivity contribution < 1.29 is 33.0 Å². The van der Waals surface area contributed by atoms with Gasteiger partial charge in [-0.15, -0.1) is 0 Å². The summed E-state index contributed by atoms with van der Waals surface area (Å²) in [7, 11) is 0. The summed E-state index contributed by atoms with van der Waals surface area (Å²) in [6, 6.07) is 0.654. The molecule has 0 atom stereocenters. The van der Waals surface area contributed by atoms with E-state index < -0.39 is 41.6 Å². The first-order valence-corrected chi connectivity index (χ1v) is 5.46. The van der Waals surface area contributed by atoms with E-state index in [-0.39, 0.29) is 12.1 Å². The Kier molecular flexibility index (Phi) is 4.53. The lowest BCUT2D eigenvalue weighted by molar-refractivity contribution is -0.138. The van der Waals surface area contributed by atoms with E-state index in [1.165, 1.54) is 6.92 Å². The van der Waals surface area contributed by atoms with E-state index in [0.717, 1.165) is 0 Å². The van der Waals surface area contributed by atoms with Crippen LogP contribution in [-0.4, -0.2) is 27.3 Å². The number of amides is 1. The third-order valence-electron chi connectivity index (χ3n) is 2.46. The maximum atomic E-state index is 12.9. The Labute approximate surface area is 111 Å². The summed E-state index contributed by atoms with van der Waals surface area (Å²) < 4.78 is 38.7. The number of alkyl halides is 3. The molecule has 0 aliphatic rings. The highest BCUT2D eigenvalue weighted by molar-refractivity contribution is 5.87. The number of halogens is 3. The van der Waals surface area contributed by atoms with Gasteiger partial charge in [-0.05, 0) is 18.1 Å². The molecule has 1 heterocycles. The summed E-state index contributed by atoms with van der Waals surface area (Å²) in [5.41, 5.74) is -2.57. The van der Waals surface area contributed by atoms with Gasteiger partial charge in [-0.3, -0.25) is 0 Å². The summed E-state index contributed by atoms with van der Waals surface area (Å²) in [4.78, 5) is 24.9. The third-order valence-corrected chi connectivity index (χ3v) is 2.46. The van der Waals surface area contributed by atoms with Crippen LogP contribution in [0.1, 0.15) is 34.2 Å². The molecule has 20 heavy (non-hydrogen) atoms. The fourth-order valence-electron chi connectivity index (χ4n) is 1.67. The van der Waals surface area contributed by atoms with Crippen LogP contribution in [-0.2, 0) is 19.1 Å². The number of carboxylic acid groups (broad SMARTS) is 2. The lowest BCUT2D eigenvalue weighted by atomic mass is 10.0. The van der Waals surface area contributed by atoms with Crippen molar-refractivity contribution in [2.75, 3.05) is 0 Å². The van der Waals surface area contributed by atoms with Gasteiger partial charge in [0.25, 0.3) is 0 Å². The highest BCUT2D eigenvalue weighted by atomic mass is 19.4. The molecule has 1 rings (SSSR count). The monoisotopic (exact) mass is 292 g/mol. The van der Waals surface area contributed by atoms with Crippen LogP contribution in [0, 0.1) is 0 Å². The average Bonchev–Trinajstić information content (AvgIpc) is 2.33. The molecule has 0 saturated heterocycles. The molecule has 0 fully saturated rings. The highest BCUT2D eigenvalue weighted by Gasteiger charge is 2.36. The minimum absolute atomic E-state index is 0.157. The van der Waals surface area contributed by atoms with Gasteiger partial charge in [0.15, 0.2) is 5.69 Å². The molecule has 9 heteroatoms. The van der Waals surface area contributed by atoms with Crippen LogP contribution in [0.25, 0.3) is 0 Å². The van der Waals surface area contributed by atoms with Crippen molar-refractivity contribution in [3.8, 4) is 0 Å². The molecular formula is C11H11F3N2O4. The Bertz CT molecular complexity index is 543. The Balaban J connectivity index is 3.40. The van der Waals surface area contributed by atoms with Crippen molar-refractivity contribution in [1.82, 2.24) is 10.3 Å². The number of aromatic carboxylic acids is 1.